The van der Waals surface area contributed by atoms with Gasteiger partial charge >= 0.3 is 0 Å². The van der Waals surface area contributed by atoms with Crippen LogP contribution in [0.25, 0.3) is 0 Å². The summed E-state index contributed by atoms with van der Waals surface area (Å²) in [6.07, 6.45) is 7.00. The molecule has 0 bridgehead atoms. The summed E-state index contributed by atoms with van der Waals surface area (Å²) in [7, 11) is 0. The smallest absolute Gasteiger partial charge is 0.0220 e. The predicted octanol–water partition coefficient (Wildman–Crippen LogP) is 2.25. The summed E-state index contributed by atoms with van der Waals surface area (Å²) in [5.41, 5.74) is 0. The van der Waals surface area contributed by atoms with Crippen molar-refractivity contribution >= 4 is 0 Å². The molecule has 1 heterocycles. The maximum atomic E-state index is 3.72. The molecule has 0 aromatic heterocycles. The van der Waals surface area contributed by atoms with Crippen LogP contribution >= 0.6 is 0 Å². The Kier molecular flexibility index (Phi) is 4.04. The Labute approximate surface area is 94.4 Å². The molecule has 2 fully saturated rings. The molecule has 2 aliphatic rings. The lowest BCUT2D eigenvalue weighted by Gasteiger charge is -2.39. The number of hydrogen-bond acceptors (Lipinski definition) is 2. The van der Waals surface area contributed by atoms with Crippen molar-refractivity contribution in [3.8, 4) is 0 Å². The largest absolute Gasteiger partial charge is 0.312 e. The number of rotatable bonds is 3. The molecule has 0 spiro atoms. The molecular weight excluding hydrogens is 184 g/mol. The van der Waals surface area contributed by atoms with Gasteiger partial charge in [0.25, 0.3) is 0 Å². The topological polar surface area (TPSA) is 15.3 Å². The molecule has 0 amide bonds. The Bertz CT molecular complexity index is 176. The van der Waals surface area contributed by atoms with E-state index in [0.29, 0.717) is 0 Å². The van der Waals surface area contributed by atoms with Gasteiger partial charge in [0.2, 0.25) is 0 Å². The zero-order valence-corrected chi connectivity index (χ0v) is 10.3. The van der Waals surface area contributed by atoms with E-state index >= 15 is 0 Å². The molecule has 2 rings (SSSR count). The molecule has 2 nitrogen and oxygen atoms in total. The van der Waals surface area contributed by atoms with Crippen molar-refractivity contribution in [3.05, 3.63) is 0 Å². The van der Waals surface area contributed by atoms with Gasteiger partial charge in [0, 0.05) is 18.6 Å². The summed E-state index contributed by atoms with van der Waals surface area (Å²) < 4.78 is 0. The highest BCUT2D eigenvalue weighted by Crippen LogP contribution is 2.26. The minimum Gasteiger partial charge on any atom is -0.312 e. The van der Waals surface area contributed by atoms with Crippen LogP contribution in [0.2, 0.25) is 0 Å². The number of nitrogens with one attached hydrogen (secondary N) is 1. The van der Waals surface area contributed by atoms with Gasteiger partial charge < -0.3 is 5.32 Å². The Balaban J connectivity index is 1.89. The van der Waals surface area contributed by atoms with Crippen molar-refractivity contribution in [2.24, 2.45) is 5.92 Å². The van der Waals surface area contributed by atoms with E-state index in [1.807, 2.05) is 0 Å². The fourth-order valence-electron chi connectivity index (χ4n) is 2.73. The summed E-state index contributed by atoms with van der Waals surface area (Å²) in [4.78, 5) is 2.75. The van der Waals surface area contributed by atoms with Crippen LogP contribution in [0.15, 0.2) is 0 Å². The number of nitrogens with zero attached hydrogens (tertiary/aromatic N) is 1. The summed E-state index contributed by atoms with van der Waals surface area (Å²) in [6.45, 7) is 8.54. The second-order valence-electron chi connectivity index (χ2n) is 5.38. The molecule has 88 valence electrons. The second-order valence-corrected chi connectivity index (χ2v) is 5.38. The summed E-state index contributed by atoms with van der Waals surface area (Å²) in [6, 6.07) is 1.66. The third kappa shape index (κ3) is 2.73. The molecular formula is C13H26N2. The van der Waals surface area contributed by atoms with Gasteiger partial charge in [-0.2, -0.15) is 0 Å². The van der Waals surface area contributed by atoms with Crippen LogP contribution < -0.4 is 5.32 Å². The first kappa shape index (κ1) is 11.4. The van der Waals surface area contributed by atoms with Crippen LogP contribution in [0, 0.1) is 5.92 Å². The lowest BCUT2D eigenvalue weighted by Crippen LogP contribution is -2.47. The SMILES string of the molecule is CCC(C)C1CN(C2CCC2)CCCN1. The Hall–Kier alpha value is -0.0800. The van der Waals surface area contributed by atoms with Gasteiger partial charge in [-0.25, -0.2) is 0 Å². The van der Waals surface area contributed by atoms with Crippen LogP contribution in [0.3, 0.4) is 0 Å². The average molecular weight is 210 g/mol. The molecule has 0 radical (unpaired) electrons. The van der Waals surface area contributed by atoms with Crippen LogP contribution in [0.5, 0.6) is 0 Å². The first-order valence-corrected chi connectivity index (χ1v) is 6.78. The highest BCUT2D eigenvalue weighted by molar-refractivity contribution is 4.87. The summed E-state index contributed by atoms with van der Waals surface area (Å²) in [5.74, 6) is 0.825. The molecule has 2 heteroatoms. The molecule has 1 saturated heterocycles. The van der Waals surface area contributed by atoms with Gasteiger partial charge in [-0.1, -0.05) is 26.7 Å². The lowest BCUT2D eigenvalue weighted by molar-refractivity contribution is 0.117. The monoisotopic (exact) mass is 210 g/mol. The summed E-state index contributed by atoms with van der Waals surface area (Å²) in [5, 5.41) is 3.72. The van der Waals surface area contributed by atoms with Crippen molar-refractivity contribution in [1.82, 2.24) is 10.2 Å². The Morgan fingerprint density at radius 3 is 2.73 bits per heavy atom. The van der Waals surface area contributed by atoms with Crippen molar-refractivity contribution in [3.63, 3.8) is 0 Å². The van der Waals surface area contributed by atoms with Gasteiger partial charge in [-0.05, 0) is 38.3 Å². The van der Waals surface area contributed by atoms with Gasteiger partial charge in [0.05, 0.1) is 0 Å². The molecule has 2 atom stereocenters. The molecule has 0 aromatic rings. The number of hydrogen-bond donors (Lipinski definition) is 1. The van der Waals surface area contributed by atoms with Gasteiger partial charge in [0.1, 0.15) is 0 Å². The van der Waals surface area contributed by atoms with E-state index in [4.69, 9.17) is 0 Å². The molecule has 0 aromatic carbocycles. The second kappa shape index (κ2) is 5.31. The highest BCUT2D eigenvalue weighted by atomic mass is 15.2. The van der Waals surface area contributed by atoms with Gasteiger partial charge in [-0.3, -0.25) is 4.90 Å². The maximum Gasteiger partial charge on any atom is 0.0220 e. The average Bonchev–Trinajstić information content (AvgIpc) is 2.40. The Morgan fingerprint density at radius 1 is 1.33 bits per heavy atom. The van der Waals surface area contributed by atoms with Crippen molar-refractivity contribution in [2.75, 3.05) is 19.6 Å². The van der Waals surface area contributed by atoms with Crippen LogP contribution in [-0.2, 0) is 0 Å². The highest BCUT2D eigenvalue weighted by Gasteiger charge is 2.29. The standard InChI is InChI=1S/C13H26N2/c1-3-11(2)13-10-15(9-5-8-14-13)12-6-4-7-12/h11-14H,3-10H2,1-2H3. The van der Waals surface area contributed by atoms with Crippen LogP contribution in [0.4, 0.5) is 0 Å². The molecule has 1 saturated carbocycles. The van der Waals surface area contributed by atoms with Crippen molar-refractivity contribution < 1.29 is 0 Å². The fraction of sp³-hybridized carbons (Fsp3) is 1.00. The predicted molar refractivity (Wildman–Crippen MR) is 65.1 cm³/mol. The minimum absolute atomic E-state index is 0.734. The third-order valence-corrected chi connectivity index (χ3v) is 4.38. The Morgan fingerprint density at radius 2 is 2.13 bits per heavy atom. The van der Waals surface area contributed by atoms with E-state index in [9.17, 15) is 0 Å². The first-order valence-electron chi connectivity index (χ1n) is 6.78. The quantitative estimate of drug-likeness (QED) is 0.768. The fourth-order valence-corrected chi connectivity index (χ4v) is 2.73. The normalized spacial score (nSPS) is 32.0. The molecule has 1 aliphatic carbocycles. The van der Waals surface area contributed by atoms with Crippen LogP contribution in [-0.4, -0.2) is 36.6 Å². The first-order chi connectivity index (χ1) is 7.31. The van der Waals surface area contributed by atoms with Gasteiger partial charge in [0.15, 0.2) is 0 Å². The van der Waals surface area contributed by atoms with Crippen LogP contribution in [0.1, 0.15) is 46.0 Å². The summed E-state index contributed by atoms with van der Waals surface area (Å²) >= 11 is 0. The zero-order chi connectivity index (χ0) is 10.7. The van der Waals surface area contributed by atoms with Crippen molar-refractivity contribution in [1.29, 1.82) is 0 Å². The lowest BCUT2D eigenvalue weighted by atomic mass is 9.90. The van der Waals surface area contributed by atoms with E-state index in [0.717, 1.165) is 18.0 Å². The zero-order valence-electron chi connectivity index (χ0n) is 10.3. The maximum absolute atomic E-state index is 3.72. The van der Waals surface area contributed by atoms with E-state index in [2.05, 4.69) is 24.1 Å². The van der Waals surface area contributed by atoms with E-state index in [-0.39, 0.29) is 0 Å². The molecule has 2 unspecified atom stereocenters. The molecule has 15 heavy (non-hydrogen) atoms. The molecule has 1 N–H and O–H groups in total. The van der Waals surface area contributed by atoms with E-state index in [1.165, 1.54) is 51.7 Å². The van der Waals surface area contributed by atoms with E-state index < -0.39 is 0 Å². The molecule has 1 aliphatic heterocycles. The van der Waals surface area contributed by atoms with E-state index in [1.54, 1.807) is 0 Å². The minimum atomic E-state index is 0.734. The third-order valence-electron chi connectivity index (χ3n) is 4.38. The van der Waals surface area contributed by atoms with Crippen molar-refractivity contribution in [2.45, 2.75) is 58.0 Å². The van der Waals surface area contributed by atoms with Gasteiger partial charge in [-0.15, -0.1) is 0 Å².